The van der Waals surface area contributed by atoms with E-state index in [0.29, 0.717) is 21.0 Å². The van der Waals surface area contributed by atoms with Gasteiger partial charge in [0.25, 0.3) is 0 Å². The lowest BCUT2D eigenvalue weighted by molar-refractivity contribution is -0.119. The van der Waals surface area contributed by atoms with Crippen LogP contribution in [0.5, 0.6) is 5.75 Å². The van der Waals surface area contributed by atoms with Crippen LogP contribution in [-0.2, 0) is 4.79 Å². The molecule has 0 spiro atoms. The van der Waals surface area contributed by atoms with E-state index >= 15 is 0 Å². The van der Waals surface area contributed by atoms with Crippen LogP contribution in [0.25, 0.3) is 11.4 Å². The molecule has 0 bridgehead atoms. The summed E-state index contributed by atoms with van der Waals surface area (Å²) < 4.78 is 6.51. The summed E-state index contributed by atoms with van der Waals surface area (Å²) in [5.41, 5.74) is 1.66. The zero-order valence-electron chi connectivity index (χ0n) is 15.7. The zero-order valence-corrected chi connectivity index (χ0v) is 18.1. The Morgan fingerprint density at radius 1 is 1.21 bits per heavy atom. The van der Waals surface area contributed by atoms with Crippen LogP contribution in [0.15, 0.2) is 47.6 Å². The molecule has 1 heterocycles. The van der Waals surface area contributed by atoms with Gasteiger partial charge in [-0.05, 0) is 48.9 Å². The van der Waals surface area contributed by atoms with Crippen molar-refractivity contribution in [3.05, 3.63) is 58.1 Å². The average molecular weight is 452 g/mol. The molecule has 3 rings (SSSR count). The van der Waals surface area contributed by atoms with E-state index in [1.807, 2.05) is 37.3 Å². The number of thioether (sulfide) groups is 1. The second-order valence-electron chi connectivity index (χ2n) is 6.16. The maximum absolute atomic E-state index is 12.3. The van der Waals surface area contributed by atoms with Crippen LogP contribution in [-0.4, -0.2) is 33.6 Å². The first-order chi connectivity index (χ1) is 13.9. The van der Waals surface area contributed by atoms with Gasteiger partial charge >= 0.3 is 0 Å². The lowest BCUT2D eigenvalue weighted by Crippen LogP contribution is -2.28. The van der Waals surface area contributed by atoms with Gasteiger partial charge in [-0.1, -0.05) is 41.0 Å². The number of nitrogen functional groups attached to an aromatic ring is 1. The lowest BCUT2D eigenvalue weighted by Gasteiger charge is -2.14. The van der Waals surface area contributed by atoms with Crippen molar-refractivity contribution < 1.29 is 9.53 Å². The predicted octanol–water partition coefficient (Wildman–Crippen LogP) is 3.94. The smallest absolute Gasteiger partial charge is 0.230 e. The van der Waals surface area contributed by atoms with E-state index in [-0.39, 0.29) is 17.7 Å². The number of rotatable bonds is 7. The molecule has 1 unspecified atom stereocenters. The van der Waals surface area contributed by atoms with Gasteiger partial charge in [0.15, 0.2) is 5.82 Å². The van der Waals surface area contributed by atoms with Gasteiger partial charge in [-0.15, -0.1) is 10.2 Å². The van der Waals surface area contributed by atoms with E-state index in [1.54, 1.807) is 19.2 Å². The van der Waals surface area contributed by atoms with Crippen molar-refractivity contribution in [2.45, 2.75) is 18.1 Å². The Morgan fingerprint density at radius 2 is 1.93 bits per heavy atom. The Morgan fingerprint density at radius 3 is 2.59 bits per heavy atom. The van der Waals surface area contributed by atoms with Crippen molar-refractivity contribution in [3.63, 3.8) is 0 Å². The van der Waals surface area contributed by atoms with Gasteiger partial charge in [-0.25, -0.2) is 4.68 Å². The highest BCUT2D eigenvalue weighted by Gasteiger charge is 2.16. The normalized spacial score (nSPS) is 11.9. The fourth-order valence-electron chi connectivity index (χ4n) is 2.59. The number of amides is 1. The number of methoxy groups -OCH3 is 1. The monoisotopic (exact) mass is 451 g/mol. The largest absolute Gasteiger partial charge is 0.497 e. The number of nitrogens with one attached hydrogen (secondary N) is 1. The van der Waals surface area contributed by atoms with Crippen LogP contribution in [0, 0.1) is 0 Å². The van der Waals surface area contributed by atoms with Crippen molar-refractivity contribution in [1.29, 1.82) is 0 Å². The SMILES string of the molecule is COc1ccc(-c2nnc(SCC(=O)NC(C)c3ccc(Cl)c(Cl)c3)n2N)cc1. The molecule has 0 fully saturated rings. The zero-order chi connectivity index (χ0) is 21.0. The van der Waals surface area contributed by atoms with E-state index in [4.69, 9.17) is 33.8 Å². The summed E-state index contributed by atoms with van der Waals surface area (Å²) in [5, 5.41) is 12.5. The third-order valence-electron chi connectivity index (χ3n) is 4.17. The summed E-state index contributed by atoms with van der Waals surface area (Å²) >= 11 is 13.2. The molecule has 1 aromatic heterocycles. The van der Waals surface area contributed by atoms with E-state index in [2.05, 4.69) is 15.5 Å². The third kappa shape index (κ3) is 5.14. The number of aromatic nitrogens is 3. The van der Waals surface area contributed by atoms with Crippen LogP contribution in [0.4, 0.5) is 0 Å². The summed E-state index contributed by atoms with van der Waals surface area (Å²) in [6.45, 7) is 1.87. The molecule has 29 heavy (non-hydrogen) atoms. The van der Waals surface area contributed by atoms with Gasteiger partial charge < -0.3 is 15.9 Å². The number of carbonyl (C=O) groups excluding carboxylic acids is 1. The number of nitrogens with zero attached hydrogens (tertiary/aromatic N) is 3. The molecule has 0 aliphatic heterocycles. The molecular formula is C19H19Cl2N5O2S. The lowest BCUT2D eigenvalue weighted by atomic mass is 10.1. The summed E-state index contributed by atoms with van der Waals surface area (Å²) in [4.78, 5) is 12.3. The van der Waals surface area contributed by atoms with Crippen LogP contribution >= 0.6 is 35.0 Å². The highest BCUT2D eigenvalue weighted by molar-refractivity contribution is 7.99. The topological polar surface area (TPSA) is 95.1 Å². The number of hydrogen-bond donors (Lipinski definition) is 2. The molecule has 7 nitrogen and oxygen atoms in total. The van der Waals surface area contributed by atoms with Crippen molar-refractivity contribution in [2.24, 2.45) is 0 Å². The number of ether oxygens (including phenoxy) is 1. The first kappa shape index (κ1) is 21.3. The van der Waals surface area contributed by atoms with Gasteiger partial charge in [-0.3, -0.25) is 4.79 Å². The Bertz CT molecular complexity index is 1010. The number of hydrogen-bond acceptors (Lipinski definition) is 6. The molecular weight excluding hydrogens is 433 g/mol. The Kier molecular flexibility index (Phi) is 6.89. The Balaban J connectivity index is 1.60. The van der Waals surface area contributed by atoms with Crippen LogP contribution in [0.1, 0.15) is 18.5 Å². The molecule has 0 aliphatic carbocycles. The molecule has 0 aliphatic rings. The molecule has 2 aromatic carbocycles. The predicted molar refractivity (Wildman–Crippen MR) is 116 cm³/mol. The molecule has 1 atom stereocenters. The third-order valence-corrected chi connectivity index (χ3v) is 5.85. The molecule has 0 saturated carbocycles. The standard InChI is InChI=1S/C19H19Cl2N5O2S/c1-11(13-5-8-15(20)16(21)9-13)23-17(27)10-29-19-25-24-18(26(19)22)12-3-6-14(28-2)7-4-12/h3-9,11H,10,22H2,1-2H3,(H,23,27). The van der Waals surface area contributed by atoms with Crippen LogP contribution < -0.4 is 15.9 Å². The van der Waals surface area contributed by atoms with Crippen LogP contribution in [0.2, 0.25) is 10.0 Å². The Labute approximate surface area is 182 Å². The molecule has 3 N–H and O–H groups in total. The quantitative estimate of drug-likeness (QED) is 0.417. The Hall–Kier alpha value is -2.42. The minimum atomic E-state index is -0.219. The molecule has 1 amide bonds. The summed E-state index contributed by atoms with van der Waals surface area (Å²) in [6, 6.07) is 12.4. The first-order valence-corrected chi connectivity index (χ1v) is 10.3. The van der Waals surface area contributed by atoms with Gasteiger partial charge in [0, 0.05) is 5.56 Å². The van der Waals surface area contributed by atoms with Gasteiger partial charge in [-0.2, -0.15) is 0 Å². The molecule has 152 valence electrons. The maximum atomic E-state index is 12.3. The molecule has 10 heteroatoms. The molecule has 0 radical (unpaired) electrons. The highest BCUT2D eigenvalue weighted by Crippen LogP contribution is 2.26. The highest BCUT2D eigenvalue weighted by atomic mass is 35.5. The number of halogens is 2. The molecule has 0 saturated heterocycles. The minimum absolute atomic E-state index is 0.142. The molecule has 3 aromatic rings. The average Bonchev–Trinajstić information content (AvgIpc) is 3.09. The number of benzene rings is 2. The van der Waals surface area contributed by atoms with Gasteiger partial charge in [0.2, 0.25) is 11.1 Å². The van der Waals surface area contributed by atoms with E-state index in [1.165, 1.54) is 16.4 Å². The number of nitrogens with two attached hydrogens (primary N) is 1. The summed E-state index contributed by atoms with van der Waals surface area (Å²) in [5.74, 6) is 7.31. The first-order valence-electron chi connectivity index (χ1n) is 8.61. The summed E-state index contributed by atoms with van der Waals surface area (Å²) in [6.07, 6.45) is 0. The fourth-order valence-corrected chi connectivity index (χ4v) is 3.56. The van der Waals surface area contributed by atoms with Gasteiger partial charge in [0.1, 0.15) is 5.75 Å². The van der Waals surface area contributed by atoms with Crippen LogP contribution in [0.3, 0.4) is 0 Å². The van der Waals surface area contributed by atoms with Gasteiger partial charge in [0.05, 0.1) is 28.9 Å². The van der Waals surface area contributed by atoms with Crippen molar-refractivity contribution in [2.75, 3.05) is 18.7 Å². The van der Waals surface area contributed by atoms with Crippen molar-refractivity contribution >= 4 is 40.9 Å². The van der Waals surface area contributed by atoms with Crippen molar-refractivity contribution in [1.82, 2.24) is 20.2 Å². The van der Waals surface area contributed by atoms with E-state index in [0.717, 1.165) is 16.9 Å². The minimum Gasteiger partial charge on any atom is -0.497 e. The number of carbonyl (C=O) groups is 1. The second kappa shape index (κ2) is 9.39. The second-order valence-corrected chi connectivity index (χ2v) is 7.91. The van der Waals surface area contributed by atoms with E-state index in [9.17, 15) is 4.79 Å². The maximum Gasteiger partial charge on any atom is 0.230 e. The fraction of sp³-hybridized carbons (Fsp3) is 0.211. The van der Waals surface area contributed by atoms with E-state index < -0.39 is 0 Å². The van der Waals surface area contributed by atoms with Crippen molar-refractivity contribution in [3.8, 4) is 17.1 Å². The summed E-state index contributed by atoms with van der Waals surface area (Å²) in [7, 11) is 1.60.